The highest BCUT2D eigenvalue weighted by molar-refractivity contribution is 6.64. The van der Waals surface area contributed by atoms with Crippen LogP contribution in [0.3, 0.4) is 0 Å². The second-order valence-corrected chi connectivity index (χ2v) is 10.1. The van der Waals surface area contributed by atoms with Crippen molar-refractivity contribution in [1.29, 1.82) is 0 Å². The summed E-state index contributed by atoms with van der Waals surface area (Å²) in [5.41, 5.74) is -0.00315. The molecule has 0 spiro atoms. The smallest absolute Gasteiger partial charge is 0.332 e. The van der Waals surface area contributed by atoms with E-state index in [1.54, 1.807) is 0 Å². The van der Waals surface area contributed by atoms with E-state index < -0.39 is 8.56 Å². The van der Waals surface area contributed by atoms with Gasteiger partial charge in [0.25, 0.3) is 0 Å². The topological polar surface area (TPSA) is 18.5 Å². The molecule has 0 saturated carbocycles. The lowest BCUT2D eigenvalue weighted by Crippen LogP contribution is -2.45. The number of hydrogen-bond donors (Lipinski definition) is 0. The molecule has 19 heavy (non-hydrogen) atoms. The molecule has 0 fully saturated rings. The second-order valence-electron chi connectivity index (χ2n) is 6.79. The Morgan fingerprint density at radius 1 is 1.11 bits per heavy atom. The van der Waals surface area contributed by atoms with Gasteiger partial charge in [0.1, 0.15) is 0 Å². The van der Waals surface area contributed by atoms with Crippen LogP contribution in [0.4, 0.5) is 0 Å². The van der Waals surface area contributed by atoms with Gasteiger partial charge in [0.05, 0.1) is 5.60 Å². The first kappa shape index (κ1) is 19.1. The van der Waals surface area contributed by atoms with Crippen molar-refractivity contribution in [2.75, 3.05) is 6.61 Å². The molecule has 0 aromatic heterocycles. The van der Waals surface area contributed by atoms with Gasteiger partial charge in [-0.3, -0.25) is 0 Å². The lowest BCUT2D eigenvalue weighted by atomic mass is 9.94. The summed E-state index contributed by atoms with van der Waals surface area (Å²) in [6, 6.07) is 0. The Morgan fingerprint density at radius 3 is 2.21 bits per heavy atom. The van der Waals surface area contributed by atoms with Crippen molar-refractivity contribution >= 4 is 8.56 Å². The molecule has 116 valence electrons. The van der Waals surface area contributed by atoms with Crippen molar-refractivity contribution in [3.05, 3.63) is 0 Å². The molecule has 1 unspecified atom stereocenters. The maximum absolute atomic E-state index is 6.42. The highest BCUT2D eigenvalue weighted by atomic mass is 28.4. The predicted octanol–water partition coefficient (Wildman–Crippen LogP) is 5.52. The molecule has 0 amide bonds. The van der Waals surface area contributed by atoms with E-state index in [1.165, 1.54) is 19.3 Å². The van der Waals surface area contributed by atoms with Crippen LogP contribution in [0.2, 0.25) is 13.1 Å². The normalized spacial score (nSPS) is 15.8. The minimum atomic E-state index is -1.97. The van der Waals surface area contributed by atoms with Crippen molar-refractivity contribution in [1.82, 2.24) is 0 Å². The lowest BCUT2D eigenvalue weighted by molar-refractivity contribution is 0.0258. The molecule has 3 heteroatoms. The molecule has 0 bridgehead atoms. The molecule has 0 aromatic rings. The first-order chi connectivity index (χ1) is 8.74. The molecule has 0 aliphatic heterocycles. The summed E-state index contributed by atoms with van der Waals surface area (Å²) in [5.74, 6) is 0.784. The fraction of sp³-hybridized carbons (Fsp3) is 1.00. The van der Waals surface area contributed by atoms with E-state index in [1.807, 2.05) is 0 Å². The van der Waals surface area contributed by atoms with Crippen LogP contribution in [0.1, 0.15) is 73.1 Å². The van der Waals surface area contributed by atoms with Crippen LogP contribution in [-0.4, -0.2) is 20.8 Å². The molecule has 0 aliphatic carbocycles. The summed E-state index contributed by atoms with van der Waals surface area (Å²) in [7, 11) is -1.97. The first-order valence-electron chi connectivity index (χ1n) is 8.09. The zero-order chi connectivity index (χ0) is 14.9. The predicted molar refractivity (Wildman–Crippen MR) is 86.8 cm³/mol. The average molecular weight is 289 g/mol. The van der Waals surface area contributed by atoms with Crippen LogP contribution in [0.15, 0.2) is 0 Å². The van der Waals surface area contributed by atoms with Gasteiger partial charge >= 0.3 is 8.56 Å². The first-order valence-corrected chi connectivity index (χ1v) is 10.9. The maximum Gasteiger partial charge on any atom is 0.332 e. The number of hydrogen-bond acceptors (Lipinski definition) is 2. The SMILES string of the molecule is CCCCO[Si](C)(C)OC(C)(CC)CCCC(C)C. The molecule has 1 atom stereocenters. The third kappa shape index (κ3) is 9.64. The van der Waals surface area contributed by atoms with Gasteiger partial charge in [0, 0.05) is 6.61 Å². The van der Waals surface area contributed by atoms with Crippen LogP contribution >= 0.6 is 0 Å². The summed E-state index contributed by atoms with van der Waals surface area (Å²) in [4.78, 5) is 0. The fourth-order valence-corrected chi connectivity index (χ4v) is 4.40. The van der Waals surface area contributed by atoms with Gasteiger partial charge in [0.15, 0.2) is 0 Å². The van der Waals surface area contributed by atoms with E-state index in [0.717, 1.165) is 31.8 Å². The fourth-order valence-electron chi connectivity index (χ4n) is 2.27. The van der Waals surface area contributed by atoms with E-state index in [0.29, 0.717) is 0 Å². The quantitative estimate of drug-likeness (QED) is 0.368. The van der Waals surface area contributed by atoms with Crippen LogP contribution in [0.25, 0.3) is 0 Å². The van der Waals surface area contributed by atoms with E-state index in [4.69, 9.17) is 8.85 Å². The zero-order valence-corrected chi connectivity index (χ0v) is 15.3. The summed E-state index contributed by atoms with van der Waals surface area (Å²) in [5, 5.41) is 0. The summed E-state index contributed by atoms with van der Waals surface area (Å²) >= 11 is 0. The van der Waals surface area contributed by atoms with Gasteiger partial charge in [-0.05, 0) is 45.2 Å². The van der Waals surface area contributed by atoms with E-state index in [9.17, 15) is 0 Å². The van der Waals surface area contributed by atoms with E-state index in [-0.39, 0.29) is 5.60 Å². The zero-order valence-electron chi connectivity index (χ0n) is 14.3. The molecule has 0 heterocycles. The van der Waals surface area contributed by atoms with E-state index >= 15 is 0 Å². The standard InChI is InChI=1S/C16H36O2Si/c1-8-10-14-17-19(6,7)18-16(5,9-2)13-11-12-15(3)4/h15H,8-14H2,1-7H3. The molecule has 2 nitrogen and oxygen atoms in total. The Hall–Kier alpha value is 0.137. The Labute approximate surface area is 122 Å². The van der Waals surface area contributed by atoms with Crippen molar-refractivity contribution in [3.8, 4) is 0 Å². The molecule has 0 N–H and O–H groups in total. The van der Waals surface area contributed by atoms with Gasteiger partial charge in [-0.1, -0.05) is 47.0 Å². The molecule has 0 saturated heterocycles. The number of rotatable bonds is 11. The van der Waals surface area contributed by atoms with Crippen LogP contribution in [0.5, 0.6) is 0 Å². The summed E-state index contributed by atoms with van der Waals surface area (Å²) in [6.45, 7) is 16.5. The Morgan fingerprint density at radius 2 is 1.74 bits per heavy atom. The van der Waals surface area contributed by atoms with Crippen LogP contribution in [-0.2, 0) is 8.85 Å². The van der Waals surface area contributed by atoms with Crippen LogP contribution < -0.4 is 0 Å². The average Bonchev–Trinajstić information content (AvgIpc) is 2.28. The Bertz CT molecular complexity index is 229. The van der Waals surface area contributed by atoms with Crippen molar-refractivity contribution in [3.63, 3.8) is 0 Å². The number of unbranched alkanes of at least 4 members (excludes halogenated alkanes) is 1. The van der Waals surface area contributed by atoms with E-state index in [2.05, 4.69) is 47.7 Å². The molecule has 0 radical (unpaired) electrons. The third-order valence-electron chi connectivity index (χ3n) is 3.67. The summed E-state index contributed by atoms with van der Waals surface area (Å²) in [6.07, 6.45) is 7.08. The van der Waals surface area contributed by atoms with Crippen molar-refractivity contribution < 1.29 is 8.85 Å². The Kier molecular flexibility index (Phi) is 9.21. The third-order valence-corrected chi connectivity index (χ3v) is 5.56. The van der Waals surface area contributed by atoms with Gasteiger partial charge in [0.2, 0.25) is 0 Å². The lowest BCUT2D eigenvalue weighted by Gasteiger charge is -2.37. The van der Waals surface area contributed by atoms with Gasteiger partial charge in [-0.25, -0.2) is 0 Å². The molecular weight excluding hydrogens is 252 g/mol. The highest BCUT2D eigenvalue weighted by Gasteiger charge is 2.34. The van der Waals surface area contributed by atoms with Gasteiger partial charge in [-0.2, -0.15) is 0 Å². The molecule has 0 rings (SSSR count). The van der Waals surface area contributed by atoms with Crippen molar-refractivity contribution in [2.24, 2.45) is 5.92 Å². The highest BCUT2D eigenvalue weighted by Crippen LogP contribution is 2.28. The molecule has 0 aromatic carbocycles. The van der Waals surface area contributed by atoms with Crippen LogP contribution in [0, 0.1) is 5.92 Å². The van der Waals surface area contributed by atoms with Gasteiger partial charge in [-0.15, -0.1) is 0 Å². The second kappa shape index (κ2) is 9.14. The minimum absolute atomic E-state index is 0.00315. The minimum Gasteiger partial charge on any atom is -0.394 e. The largest absolute Gasteiger partial charge is 0.394 e. The molecular formula is C16H36O2Si. The monoisotopic (exact) mass is 288 g/mol. The Balaban J connectivity index is 4.25. The molecule has 0 aliphatic rings. The van der Waals surface area contributed by atoms with Crippen molar-refractivity contribution in [2.45, 2.75) is 91.8 Å². The van der Waals surface area contributed by atoms with Gasteiger partial charge < -0.3 is 8.85 Å². The maximum atomic E-state index is 6.42. The summed E-state index contributed by atoms with van der Waals surface area (Å²) < 4.78 is 12.4.